The first-order valence-corrected chi connectivity index (χ1v) is 7.53. The van der Waals surface area contributed by atoms with Crippen molar-refractivity contribution in [2.24, 2.45) is 10.9 Å². The zero-order chi connectivity index (χ0) is 10.9. The Morgan fingerprint density at radius 2 is 2.00 bits per heavy atom. The zero-order valence-electron chi connectivity index (χ0n) is 9.52. The Kier molecular flexibility index (Phi) is 6.38. The molecular formula is C13H19NSe. The molecule has 0 spiro atoms. The molecule has 0 aliphatic rings. The summed E-state index contributed by atoms with van der Waals surface area (Å²) in [6.07, 6.45) is 3.27. The number of hydrogen-bond acceptors (Lipinski definition) is 1. The van der Waals surface area contributed by atoms with Gasteiger partial charge < -0.3 is 0 Å². The number of benzene rings is 1. The van der Waals surface area contributed by atoms with Gasteiger partial charge in [0.25, 0.3) is 0 Å². The fourth-order valence-corrected chi connectivity index (χ4v) is 2.95. The van der Waals surface area contributed by atoms with Crippen molar-refractivity contribution in [1.29, 1.82) is 0 Å². The third-order valence-electron chi connectivity index (χ3n) is 1.85. The van der Waals surface area contributed by atoms with Crippen LogP contribution in [0.1, 0.15) is 20.3 Å². The monoisotopic (exact) mass is 269 g/mol. The van der Waals surface area contributed by atoms with Crippen LogP contribution in [0.3, 0.4) is 0 Å². The fourth-order valence-electron chi connectivity index (χ4n) is 1.15. The summed E-state index contributed by atoms with van der Waals surface area (Å²) in [5.74, 6) is 0.588. The van der Waals surface area contributed by atoms with E-state index >= 15 is 0 Å². The van der Waals surface area contributed by atoms with Gasteiger partial charge in [-0.3, -0.25) is 0 Å². The molecule has 0 saturated carbocycles. The summed E-state index contributed by atoms with van der Waals surface area (Å²) >= 11 is 0.634. The van der Waals surface area contributed by atoms with Gasteiger partial charge in [-0.05, 0) is 0 Å². The minimum atomic E-state index is 0.588. The van der Waals surface area contributed by atoms with Crippen LogP contribution in [0.4, 0.5) is 0 Å². The molecular weight excluding hydrogens is 249 g/mol. The van der Waals surface area contributed by atoms with Crippen molar-refractivity contribution in [3.63, 3.8) is 0 Å². The molecule has 0 aliphatic heterocycles. The van der Waals surface area contributed by atoms with Crippen molar-refractivity contribution in [3.05, 3.63) is 30.3 Å². The van der Waals surface area contributed by atoms with Gasteiger partial charge in [-0.15, -0.1) is 0 Å². The number of aliphatic imine (C=N–C) groups is 1. The summed E-state index contributed by atoms with van der Waals surface area (Å²) in [5.41, 5.74) is 0. The van der Waals surface area contributed by atoms with Gasteiger partial charge in [-0.2, -0.15) is 0 Å². The van der Waals surface area contributed by atoms with E-state index in [1.807, 2.05) is 0 Å². The summed E-state index contributed by atoms with van der Waals surface area (Å²) in [6.45, 7) is 5.32. The van der Waals surface area contributed by atoms with Crippen molar-refractivity contribution < 1.29 is 0 Å². The molecule has 1 nitrogen and oxygen atoms in total. The molecule has 1 aromatic rings. The Labute approximate surface area is 99.2 Å². The van der Waals surface area contributed by atoms with Gasteiger partial charge in [0.15, 0.2) is 0 Å². The van der Waals surface area contributed by atoms with Crippen molar-refractivity contribution in [3.8, 4) is 0 Å². The van der Waals surface area contributed by atoms with Crippen molar-refractivity contribution >= 4 is 25.6 Å². The molecule has 0 N–H and O–H groups in total. The van der Waals surface area contributed by atoms with E-state index in [9.17, 15) is 0 Å². The Morgan fingerprint density at radius 3 is 2.67 bits per heavy atom. The van der Waals surface area contributed by atoms with Gasteiger partial charge in [0, 0.05) is 0 Å². The van der Waals surface area contributed by atoms with E-state index in [2.05, 4.69) is 55.4 Å². The first-order chi connectivity index (χ1) is 7.29. The first kappa shape index (κ1) is 12.5. The summed E-state index contributed by atoms with van der Waals surface area (Å²) in [7, 11) is 0. The topological polar surface area (TPSA) is 12.4 Å². The summed E-state index contributed by atoms with van der Waals surface area (Å²) < 4.78 is 1.50. The Morgan fingerprint density at radius 1 is 1.27 bits per heavy atom. The number of nitrogens with zero attached hydrogens (tertiary/aromatic N) is 1. The maximum absolute atomic E-state index is 4.39. The van der Waals surface area contributed by atoms with Gasteiger partial charge in [-0.25, -0.2) is 0 Å². The van der Waals surface area contributed by atoms with Gasteiger partial charge in [0.05, 0.1) is 0 Å². The minimum absolute atomic E-state index is 0.588. The quantitative estimate of drug-likeness (QED) is 0.427. The van der Waals surface area contributed by atoms with Crippen LogP contribution < -0.4 is 4.46 Å². The van der Waals surface area contributed by atoms with E-state index in [1.165, 1.54) is 16.2 Å². The van der Waals surface area contributed by atoms with E-state index in [4.69, 9.17) is 0 Å². The van der Waals surface area contributed by atoms with E-state index < -0.39 is 0 Å². The Bertz CT molecular complexity index is 280. The average Bonchev–Trinajstić information content (AvgIpc) is 2.24. The fraction of sp³-hybridized carbons (Fsp3) is 0.462. The molecule has 0 amide bonds. The summed E-state index contributed by atoms with van der Waals surface area (Å²) in [6, 6.07) is 10.8. The van der Waals surface area contributed by atoms with Crippen LogP contribution in [0.25, 0.3) is 0 Å². The zero-order valence-corrected chi connectivity index (χ0v) is 11.2. The van der Waals surface area contributed by atoms with Crippen molar-refractivity contribution in [2.75, 3.05) is 6.54 Å². The molecule has 0 saturated heterocycles. The van der Waals surface area contributed by atoms with Crippen LogP contribution in [0.15, 0.2) is 35.3 Å². The molecule has 0 radical (unpaired) electrons. The molecule has 1 aromatic carbocycles. The molecule has 15 heavy (non-hydrogen) atoms. The Balaban J connectivity index is 2.07. The predicted octanol–water partition coefficient (Wildman–Crippen LogP) is 2.55. The van der Waals surface area contributed by atoms with Gasteiger partial charge in [0.2, 0.25) is 0 Å². The van der Waals surface area contributed by atoms with Gasteiger partial charge in [-0.1, -0.05) is 0 Å². The summed E-state index contributed by atoms with van der Waals surface area (Å²) in [5, 5.41) is 1.30. The first-order valence-electron chi connectivity index (χ1n) is 5.47. The van der Waals surface area contributed by atoms with Gasteiger partial charge in [0.1, 0.15) is 0 Å². The van der Waals surface area contributed by atoms with Crippen LogP contribution in [0.5, 0.6) is 0 Å². The number of hydrogen-bond donors (Lipinski definition) is 0. The number of rotatable bonds is 6. The van der Waals surface area contributed by atoms with Crippen LogP contribution in [-0.2, 0) is 0 Å². The van der Waals surface area contributed by atoms with E-state index in [0.717, 1.165) is 6.54 Å². The maximum atomic E-state index is 4.39. The Hall–Kier alpha value is -0.591. The van der Waals surface area contributed by atoms with Gasteiger partial charge >= 0.3 is 99.0 Å². The normalized spacial score (nSPS) is 11.4. The molecule has 0 bridgehead atoms. The average molecular weight is 268 g/mol. The second-order valence-electron chi connectivity index (χ2n) is 3.81. The molecule has 0 heterocycles. The van der Waals surface area contributed by atoms with Crippen LogP contribution in [0.2, 0.25) is 5.32 Å². The molecule has 1 rings (SSSR count). The SMILES string of the molecule is CC(C)C=NCCC[Se]c1ccccc1. The molecule has 0 atom stereocenters. The second-order valence-corrected chi connectivity index (χ2v) is 6.27. The van der Waals surface area contributed by atoms with E-state index in [1.54, 1.807) is 0 Å². The predicted molar refractivity (Wildman–Crippen MR) is 69.5 cm³/mol. The van der Waals surface area contributed by atoms with Crippen LogP contribution >= 0.6 is 0 Å². The third-order valence-corrected chi connectivity index (χ3v) is 4.15. The molecule has 0 unspecified atom stereocenters. The standard InChI is InChI=1S/C13H19NSe/c1-12(2)11-14-9-6-10-15-13-7-4-3-5-8-13/h3-5,7-8,11-12H,6,9-10H2,1-2H3. The van der Waals surface area contributed by atoms with Crippen molar-refractivity contribution in [2.45, 2.75) is 25.6 Å². The van der Waals surface area contributed by atoms with E-state index in [0.29, 0.717) is 20.9 Å². The molecule has 0 aromatic heterocycles. The molecule has 0 fully saturated rings. The van der Waals surface area contributed by atoms with Crippen molar-refractivity contribution in [1.82, 2.24) is 0 Å². The molecule has 2 heteroatoms. The summed E-state index contributed by atoms with van der Waals surface area (Å²) in [4.78, 5) is 4.39. The van der Waals surface area contributed by atoms with Crippen LogP contribution in [0, 0.1) is 5.92 Å². The van der Waals surface area contributed by atoms with E-state index in [-0.39, 0.29) is 0 Å². The second kappa shape index (κ2) is 7.67. The van der Waals surface area contributed by atoms with Crippen LogP contribution in [-0.4, -0.2) is 27.7 Å². The molecule has 82 valence electrons. The third kappa shape index (κ3) is 6.48. The molecule has 0 aliphatic carbocycles.